The Morgan fingerprint density at radius 1 is 1.64 bits per heavy atom. The second-order valence-electron chi connectivity index (χ2n) is 2.77. The Morgan fingerprint density at radius 3 is 2.64 bits per heavy atom. The van der Waals surface area contributed by atoms with Gasteiger partial charge in [-0.3, -0.25) is 4.79 Å². The first-order chi connectivity index (χ1) is 4.75. The molecule has 0 aromatic carbocycles. The number of rotatable bonds is 2. The van der Waals surface area contributed by atoms with Crippen molar-refractivity contribution in [3.63, 3.8) is 0 Å². The van der Waals surface area contributed by atoms with Gasteiger partial charge in [0.05, 0.1) is 5.92 Å². The van der Waals surface area contributed by atoms with Crippen LogP contribution in [0, 0.1) is 11.8 Å². The van der Waals surface area contributed by atoms with Gasteiger partial charge >= 0.3 is 5.97 Å². The van der Waals surface area contributed by atoms with Crippen LogP contribution >= 0.6 is 12.4 Å². The number of carboxylic acid groups (broad SMARTS) is 1. The van der Waals surface area contributed by atoms with E-state index in [1.54, 1.807) is 0 Å². The van der Waals surface area contributed by atoms with Crippen molar-refractivity contribution in [1.29, 1.82) is 0 Å². The number of aliphatic carboxylic acids is 1. The second-order valence-corrected chi connectivity index (χ2v) is 2.77. The van der Waals surface area contributed by atoms with Gasteiger partial charge in [0.2, 0.25) is 0 Å². The summed E-state index contributed by atoms with van der Waals surface area (Å²) < 4.78 is 0. The van der Waals surface area contributed by atoms with E-state index in [1.165, 1.54) is 0 Å². The SMILES string of the molecule is CC[C@@H]1CNC[C@@H]1C(=O)O.Cl. The first kappa shape index (κ1) is 10.7. The van der Waals surface area contributed by atoms with E-state index in [-0.39, 0.29) is 18.3 Å². The largest absolute Gasteiger partial charge is 0.481 e. The van der Waals surface area contributed by atoms with Crippen LogP contribution in [0.4, 0.5) is 0 Å². The minimum Gasteiger partial charge on any atom is -0.481 e. The Labute approximate surface area is 72.6 Å². The van der Waals surface area contributed by atoms with E-state index in [4.69, 9.17) is 5.11 Å². The lowest BCUT2D eigenvalue weighted by Crippen LogP contribution is -2.21. The Balaban J connectivity index is 0.000001000. The van der Waals surface area contributed by atoms with E-state index < -0.39 is 5.97 Å². The van der Waals surface area contributed by atoms with Gasteiger partial charge in [-0.25, -0.2) is 0 Å². The van der Waals surface area contributed by atoms with Gasteiger partial charge in [-0.05, 0) is 12.5 Å². The predicted octanol–water partition coefficient (Wildman–Crippen LogP) is 0.738. The van der Waals surface area contributed by atoms with Crippen molar-refractivity contribution >= 4 is 18.4 Å². The van der Waals surface area contributed by atoms with Crippen molar-refractivity contribution in [2.45, 2.75) is 13.3 Å². The number of hydrogen-bond donors (Lipinski definition) is 2. The molecule has 1 rings (SSSR count). The summed E-state index contributed by atoms with van der Waals surface area (Å²) in [6, 6.07) is 0. The minimum absolute atomic E-state index is 0. The van der Waals surface area contributed by atoms with E-state index in [0.717, 1.165) is 13.0 Å². The molecular formula is C7H14ClNO2. The van der Waals surface area contributed by atoms with Gasteiger partial charge in [0.15, 0.2) is 0 Å². The number of carboxylic acids is 1. The lowest BCUT2D eigenvalue weighted by molar-refractivity contribution is -0.142. The summed E-state index contributed by atoms with van der Waals surface area (Å²) in [4.78, 5) is 10.5. The average Bonchev–Trinajstić information content (AvgIpc) is 2.33. The number of nitrogens with one attached hydrogen (secondary N) is 1. The van der Waals surface area contributed by atoms with Crippen molar-refractivity contribution < 1.29 is 9.90 Å². The third-order valence-corrected chi connectivity index (χ3v) is 2.18. The summed E-state index contributed by atoms with van der Waals surface area (Å²) in [5.41, 5.74) is 0. The molecule has 4 heteroatoms. The third-order valence-electron chi connectivity index (χ3n) is 2.18. The molecule has 2 N–H and O–H groups in total. The first-order valence-corrected chi connectivity index (χ1v) is 3.69. The number of hydrogen-bond acceptors (Lipinski definition) is 2. The molecule has 0 amide bonds. The van der Waals surface area contributed by atoms with Gasteiger partial charge < -0.3 is 10.4 Å². The highest BCUT2D eigenvalue weighted by atomic mass is 35.5. The maximum absolute atomic E-state index is 10.5. The smallest absolute Gasteiger partial charge is 0.308 e. The molecule has 0 saturated carbocycles. The average molecular weight is 180 g/mol. The van der Waals surface area contributed by atoms with Crippen molar-refractivity contribution in [3.8, 4) is 0 Å². The Kier molecular flexibility index (Phi) is 4.45. The highest BCUT2D eigenvalue weighted by Crippen LogP contribution is 2.19. The molecule has 0 spiro atoms. The fourth-order valence-corrected chi connectivity index (χ4v) is 1.45. The lowest BCUT2D eigenvalue weighted by atomic mass is 9.94. The second kappa shape index (κ2) is 4.57. The monoisotopic (exact) mass is 179 g/mol. The van der Waals surface area contributed by atoms with E-state index >= 15 is 0 Å². The molecule has 2 atom stereocenters. The summed E-state index contributed by atoms with van der Waals surface area (Å²) in [6.07, 6.45) is 0.962. The maximum Gasteiger partial charge on any atom is 0.308 e. The molecule has 1 heterocycles. The molecule has 1 saturated heterocycles. The summed E-state index contributed by atoms with van der Waals surface area (Å²) in [5, 5.41) is 11.7. The number of carbonyl (C=O) groups is 1. The summed E-state index contributed by atoms with van der Waals surface area (Å²) >= 11 is 0. The van der Waals surface area contributed by atoms with E-state index in [9.17, 15) is 4.79 Å². The molecule has 1 fully saturated rings. The summed E-state index contributed by atoms with van der Waals surface area (Å²) in [5.74, 6) is -0.459. The maximum atomic E-state index is 10.5. The predicted molar refractivity (Wildman–Crippen MR) is 45.0 cm³/mol. The molecule has 1 aliphatic heterocycles. The molecule has 11 heavy (non-hydrogen) atoms. The number of halogens is 1. The molecule has 0 aliphatic carbocycles. The van der Waals surface area contributed by atoms with Gasteiger partial charge in [0.25, 0.3) is 0 Å². The van der Waals surface area contributed by atoms with Crippen LogP contribution < -0.4 is 5.32 Å². The van der Waals surface area contributed by atoms with Crippen LogP contribution in [0.3, 0.4) is 0 Å². The standard InChI is InChI=1S/C7H13NO2.ClH/c1-2-5-3-8-4-6(5)7(9)10;/h5-6,8H,2-4H2,1H3,(H,9,10);1H/t5-,6+;/m1./s1. The minimum atomic E-state index is -0.656. The molecular weight excluding hydrogens is 166 g/mol. The zero-order chi connectivity index (χ0) is 7.56. The van der Waals surface area contributed by atoms with E-state index in [2.05, 4.69) is 5.32 Å². The molecule has 66 valence electrons. The van der Waals surface area contributed by atoms with Crippen LogP contribution in [0.2, 0.25) is 0 Å². The van der Waals surface area contributed by atoms with E-state index in [1.807, 2.05) is 6.92 Å². The zero-order valence-corrected chi connectivity index (χ0v) is 7.36. The Bertz CT molecular complexity index is 140. The molecule has 0 unspecified atom stereocenters. The fraction of sp³-hybridized carbons (Fsp3) is 0.857. The molecule has 0 aromatic heterocycles. The third kappa shape index (κ3) is 2.34. The normalized spacial score (nSPS) is 29.5. The van der Waals surface area contributed by atoms with Gasteiger partial charge in [0.1, 0.15) is 0 Å². The van der Waals surface area contributed by atoms with Gasteiger partial charge in [-0.1, -0.05) is 13.3 Å². The molecule has 0 radical (unpaired) electrons. The fourth-order valence-electron chi connectivity index (χ4n) is 1.45. The highest BCUT2D eigenvalue weighted by Gasteiger charge is 2.30. The van der Waals surface area contributed by atoms with Crippen LogP contribution in [-0.4, -0.2) is 24.2 Å². The summed E-state index contributed by atoms with van der Waals surface area (Å²) in [7, 11) is 0. The summed E-state index contributed by atoms with van der Waals surface area (Å²) in [6.45, 7) is 3.55. The van der Waals surface area contributed by atoms with Crippen LogP contribution in [0.15, 0.2) is 0 Å². The van der Waals surface area contributed by atoms with Crippen molar-refractivity contribution in [2.75, 3.05) is 13.1 Å². The molecule has 0 bridgehead atoms. The van der Waals surface area contributed by atoms with Crippen LogP contribution in [0.5, 0.6) is 0 Å². The van der Waals surface area contributed by atoms with Crippen molar-refractivity contribution in [2.24, 2.45) is 11.8 Å². The van der Waals surface area contributed by atoms with Crippen LogP contribution in [0.25, 0.3) is 0 Å². The zero-order valence-electron chi connectivity index (χ0n) is 6.54. The molecule has 3 nitrogen and oxygen atoms in total. The van der Waals surface area contributed by atoms with E-state index in [0.29, 0.717) is 12.5 Å². The Hall–Kier alpha value is -0.280. The highest BCUT2D eigenvalue weighted by molar-refractivity contribution is 5.85. The topological polar surface area (TPSA) is 49.3 Å². The van der Waals surface area contributed by atoms with Gasteiger partial charge in [-0.15, -0.1) is 12.4 Å². The van der Waals surface area contributed by atoms with Crippen molar-refractivity contribution in [3.05, 3.63) is 0 Å². The van der Waals surface area contributed by atoms with Gasteiger partial charge in [-0.2, -0.15) is 0 Å². The quantitative estimate of drug-likeness (QED) is 0.658. The molecule has 1 aliphatic rings. The van der Waals surface area contributed by atoms with Crippen LogP contribution in [0.1, 0.15) is 13.3 Å². The van der Waals surface area contributed by atoms with Crippen molar-refractivity contribution in [1.82, 2.24) is 5.32 Å². The Morgan fingerprint density at radius 2 is 2.27 bits per heavy atom. The molecule has 0 aromatic rings. The first-order valence-electron chi connectivity index (χ1n) is 3.69. The van der Waals surface area contributed by atoms with Crippen LogP contribution in [-0.2, 0) is 4.79 Å². The van der Waals surface area contributed by atoms with Gasteiger partial charge in [0, 0.05) is 6.54 Å². The lowest BCUT2D eigenvalue weighted by Gasteiger charge is -2.10.